The molecule has 0 aliphatic rings. The van der Waals surface area contributed by atoms with Gasteiger partial charge in [-0.05, 0) is 37.4 Å². The third-order valence-corrected chi connectivity index (χ3v) is 5.83. The van der Waals surface area contributed by atoms with Gasteiger partial charge in [-0.1, -0.05) is 6.07 Å². The van der Waals surface area contributed by atoms with Crippen molar-refractivity contribution in [3.8, 4) is 17.2 Å². The first kappa shape index (κ1) is 24.9. The molecular weight excluding hydrogens is 482 g/mol. The van der Waals surface area contributed by atoms with Gasteiger partial charge in [0.1, 0.15) is 22.8 Å². The Morgan fingerprint density at radius 3 is 2.41 bits per heavy atom. The van der Waals surface area contributed by atoms with E-state index in [4.69, 9.17) is 9.47 Å². The van der Waals surface area contributed by atoms with Crippen molar-refractivity contribution in [2.24, 2.45) is 0 Å². The van der Waals surface area contributed by atoms with Crippen molar-refractivity contribution in [2.75, 3.05) is 19.5 Å². The molecule has 8 nitrogen and oxygen atoms in total. The van der Waals surface area contributed by atoms with Crippen molar-refractivity contribution in [2.45, 2.75) is 11.1 Å². The highest BCUT2D eigenvalue weighted by atomic mass is 32.2. The number of nitrogens with zero attached hydrogens (tertiary/aromatic N) is 1. The maximum Gasteiger partial charge on any atom is 0.433 e. The molecule has 0 aliphatic carbocycles. The fourth-order valence-electron chi connectivity index (χ4n) is 2.75. The molecule has 2 N–H and O–H groups in total. The molecule has 0 saturated heterocycles. The molecule has 180 valence electrons. The summed E-state index contributed by atoms with van der Waals surface area (Å²) < 4.78 is 89.7. The monoisotopic (exact) mass is 499 g/mol. The van der Waals surface area contributed by atoms with Crippen LogP contribution in [0.1, 0.15) is 16.1 Å². The van der Waals surface area contributed by atoms with Gasteiger partial charge in [0.25, 0.3) is 5.91 Å². The number of sulfonamides is 1. The highest BCUT2D eigenvalue weighted by molar-refractivity contribution is 7.89. The molecule has 1 amide bonds. The molecule has 0 saturated carbocycles. The zero-order valence-corrected chi connectivity index (χ0v) is 18.4. The number of rotatable bonds is 7. The van der Waals surface area contributed by atoms with Crippen molar-refractivity contribution < 1.29 is 40.2 Å². The predicted octanol–water partition coefficient (Wildman–Crippen LogP) is 4.20. The van der Waals surface area contributed by atoms with Crippen molar-refractivity contribution in [1.82, 2.24) is 9.71 Å². The summed E-state index contributed by atoms with van der Waals surface area (Å²) in [5, 5.41) is 2.39. The number of nitrogens with one attached hydrogen (secondary N) is 2. The Morgan fingerprint density at radius 1 is 1.03 bits per heavy atom. The number of methoxy groups -OCH3 is 1. The minimum atomic E-state index is -4.84. The van der Waals surface area contributed by atoms with Gasteiger partial charge in [-0.15, -0.1) is 0 Å². The first-order valence-electron chi connectivity index (χ1n) is 9.38. The molecule has 0 atom stereocenters. The highest BCUT2D eigenvalue weighted by Gasteiger charge is 2.34. The highest BCUT2D eigenvalue weighted by Crippen LogP contribution is 2.37. The molecule has 3 aromatic rings. The molecule has 13 heteroatoms. The van der Waals surface area contributed by atoms with Gasteiger partial charge in [0.05, 0.1) is 12.0 Å². The molecular formula is C21H17F4N3O5S. The molecule has 0 bridgehead atoms. The average Bonchev–Trinajstić information content (AvgIpc) is 2.79. The Hall–Kier alpha value is -3.71. The van der Waals surface area contributed by atoms with Crippen molar-refractivity contribution >= 4 is 21.6 Å². The van der Waals surface area contributed by atoms with Crippen LogP contribution in [0.3, 0.4) is 0 Å². The minimum absolute atomic E-state index is 0.0477. The molecule has 2 aromatic carbocycles. The Bertz CT molecular complexity index is 1330. The predicted molar refractivity (Wildman–Crippen MR) is 113 cm³/mol. The van der Waals surface area contributed by atoms with E-state index >= 15 is 0 Å². The second-order valence-corrected chi connectivity index (χ2v) is 8.54. The number of hydrogen-bond acceptors (Lipinski definition) is 6. The summed E-state index contributed by atoms with van der Waals surface area (Å²) in [5.74, 6) is -2.43. The first-order chi connectivity index (χ1) is 15.9. The first-order valence-corrected chi connectivity index (χ1v) is 10.9. The molecule has 34 heavy (non-hydrogen) atoms. The zero-order chi connectivity index (χ0) is 25.1. The number of anilines is 1. The summed E-state index contributed by atoms with van der Waals surface area (Å²) in [6.45, 7) is 0. The van der Waals surface area contributed by atoms with E-state index in [9.17, 15) is 30.8 Å². The van der Waals surface area contributed by atoms with Crippen LogP contribution in [0.25, 0.3) is 0 Å². The number of ether oxygens (including phenoxy) is 2. The van der Waals surface area contributed by atoms with Crippen LogP contribution in [0.5, 0.6) is 17.2 Å². The van der Waals surface area contributed by atoms with Gasteiger partial charge in [0.15, 0.2) is 11.5 Å². The number of hydrogen-bond donors (Lipinski definition) is 2. The normalized spacial score (nSPS) is 11.7. The van der Waals surface area contributed by atoms with E-state index < -0.39 is 44.9 Å². The lowest BCUT2D eigenvalue weighted by molar-refractivity contribution is -0.141. The van der Waals surface area contributed by atoms with Gasteiger partial charge in [-0.25, -0.2) is 17.5 Å². The molecule has 0 spiro atoms. The van der Waals surface area contributed by atoms with Gasteiger partial charge in [-0.3, -0.25) is 9.78 Å². The van der Waals surface area contributed by atoms with Crippen LogP contribution in [0.2, 0.25) is 0 Å². The van der Waals surface area contributed by atoms with Gasteiger partial charge in [-0.2, -0.15) is 13.2 Å². The number of aromatic nitrogens is 1. The molecule has 1 heterocycles. The number of benzene rings is 2. The summed E-state index contributed by atoms with van der Waals surface area (Å²) in [7, 11) is -1.40. The molecule has 0 radical (unpaired) electrons. The third-order valence-electron chi connectivity index (χ3n) is 4.42. The molecule has 1 aromatic heterocycles. The summed E-state index contributed by atoms with van der Waals surface area (Å²) >= 11 is 0. The Kier molecular flexibility index (Phi) is 7.07. The second-order valence-electron chi connectivity index (χ2n) is 6.65. The standard InChI is InChI=1S/C21H17F4N3O5S/c1-26-34(30,31)14-5-3-4-13(9-14)28-20(29)15-11-27-19(21(23,24)25)10-17(15)33-16-7-6-12(22)8-18(16)32-2/h3-11,26H,1-2H3,(H,28,29). The average molecular weight is 499 g/mol. The molecule has 0 unspecified atom stereocenters. The lowest BCUT2D eigenvalue weighted by Gasteiger charge is -2.15. The van der Waals surface area contributed by atoms with Crippen LogP contribution < -0.4 is 19.5 Å². The fraction of sp³-hybridized carbons (Fsp3) is 0.143. The minimum Gasteiger partial charge on any atom is -0.493 e. The van der Waals surface area contributed by atoms with E-state index in [1.807, 2.05) is 0 Å². The quantitative estimate of drug-likeness (QED) is 0.472. The van der Waals surface area contributed by atoms with Crippen molar-refractivity contribution in [3.63, 3.8) is 0 Å². The van der Waals surface area contributed by atoms with E-state index in [2.05, 4.69) is 15.0 Å². The van der Waals surface area contributed by atoms with E-state index in [1.165, 1.54) is 32.4 Å². The van der Waals surface area contributed by atoms with Crippen molar-refractivity contribution in [3.05, 3.63) is 71.8 Å². The van der Waals surface area contributed by atoms with E-state index in [-0.39, 0.29) is 22.1 Å². The number of amides is 1. The molecule has 3 rings (SSSR count). The number of carbonyl (C=O) groups is 1. The fourth-order valence-corrected chi connectivity index (χ4v) is 3.52. The number of alkyl halides is 3. The van der Waals surface area contributed by atoms with E-state index in [0.29, 0.717) is 12.3 Å². The lowest BCUT2D eigenvalue weighted by Crippen LogP contribution is -2.19. The number of carbonyl (C=O) groups excluding carboxylic acids is 1. The van der Waals surface area contributed by atoms with Gasteiger partial charge in [0.2, 0.25) is 10.0 Å². The van der Waals surface area contributed by atoms with Gasteiger partial charge in [0, 0.05) is 24.0 Å². The maximum atomic E-state index is 13.5. The molecule has 0 aliphatic heterocycles. The SMILES string of the molecule is CNS(=O)(=O)c1cccc(NC(=O)c2cnc(C(F)(F)F)cc2Oc2ccc(F)cc2OC)c1. The number of pyridine rings is 1. The topological polar surface area (TPSA) is 107 Å². The van der Waals surface area contributed by atoms with Crippen LogP contribution in [0, 0.1) is 5.82 Å². The second kappa shape index (κ2) is 9.65. The van der Waals surface area contributed by atoms with Crippen LogP contribution in [0.4, 0.5) is 23.2 Å². The van der Waals surface area contributed by atoms with Gasteiger partial charge >= 0.3 is 6.18 Å². The third kappa shape index (κ3) is 5.61. The summed E-state index contributed by atoms with van der Waals surface area (Å²) in [6.07, 6.45) is -4.17. The summed E-state index contributed by atoms with van der Waals surface area (Å²) in [5.41, 5.74) is -1.69. The Balaban J connectivity index is 2.01. The van der Waals surface area contributed by atoms with Crippen molar-refractivity contribution in [1.29, 1.82) is 0 Å². The van der Waals surface area contributed by atoms with Crippen LogP contribution in [0.15, 0.2) is 59.6 Å². The maximum absolute atomic E-state index is 13.5. The van der Waals surface area contributed by atoms with Crippen LogP contribution in [-0.2, 0) is 16.2 Å². The smallest absolute Gasteiger partial charge is 0.433 e. The van der Waals surface area contributed by atoms with E-state index in [1.54, 1.807) is 0 Å². The van der Waals surface area contributed by atoms with Crippen LogP contribution in [-0.4, -0.2) is 33.5 Å². The molecule has 0 fully saturated rings. The summed E-state index contributed by atoms with van der Waals surface area (Å²) in [6, 6.07) is 8.78. The van der Waals surface area contributed by atoms with Crippen LogP contribution >= 0.6 is 0 Å². The zero-order valence-electron chi connectivity index (χ0n) is 17.6. The summed E-state index contributed by atoms with van der Waals surface area (Å²) in [4.78, 5) is 16.0. The Labute approximate surface area is 191 Å². The van der Waals surface area contributed by atoms with Gasteiger partial charge < -0.3 is 14.8 Å². The largest absolute Gasteiger partial charge is 0.493 e. The lowest BCUT2D eigenvalue weighted by atomic mass is 10.2. The van der Waals surface area contributed by atoms with E-state index in [0.717, 1.165) is 24.3 Å². The number of halogens is 4. The Morgan fingerprint density at radius 2 is 1.76 bits per heavy atom.